The van der Waals surface area contributed by atoms with Gasteiger partial charge in [0.25, 0.3) is 0 Å². The lowest BCUT2D eigenvalue weighted by Crippen LogP contribution is -2.63. The van der Waals surface area contributed by atoms with Crippen LogP contribution in [0.1, 0.15) is 59.3 Å². The molecule has 26 heteroatoms. The predicted octanol–water partition coefficient (Wildman–Crippen LogP) is 0.637. The van der Waals surface area contributed by atoms with Gasteiger partial charge in [-0.2, -0.15) is 0 Å². The van der Waals surface area contributed by atoms with E-state index in [1.807, 2.05) is 0 Å². The highest BCUT2D eigenvalue weighted by Crippen LogP contribution is 2.54. The molecule has 0 spiro atoms. The Morgan fingerprint density at radius 3 is 1.68 bits per heavy atom. The largest absolute Gasteiger partial charge is 0.504 e. The Hall–Kier alpha value is -9.07. The number of carbonyl (C=O) groups is 7. The number of fused-ring (bicyclic) bond motifs is 3. The SMILES string of the molecule is O=C(O)CC1C(=O)O[C@H]2[C@@H]3OC(=O)c4cc(O)c(O)c(O)c4-c4c(cc(O)c(O)c4O)C(=O)OC[C@H]2O[C@@H](OC(=O)c2cc(O)c(O)c(O)c2)[C@@H]3OC(=O)c2cc(O)c(O)c3c2C1C(=O)O3. The minimum Gasteiger partial charge on any atom is -0.504 e. The van der Waals surface area contributed by atoms with Gasteiger partial charge in [-0.25, -0.2) is 19.2 Å². The second kappa shape index (κ2) is 15.6. The molecule has 0 aromatic heterocycles. The molecule has 1 saturated heterocycles. The van der Waals surface area contributed by atoms with Crippen LogP contribution in [0.2, 0.25) is 0 Å². The van der Waals surface area contributed by atoms with E-state index in [0.29, 0.717) is 30.3 Å². The fraction of sp³-hybridized carbons (Fsp3) is 0.225. The van der Waals surface area contributed by atoms with Gasteiger partial charge < -0.3 is 94.4 Å². The van der Waals surface area contributed by atoms with Crippen molar-refractivity contribution in [2.24, 2.45) is 5.92 Å². The number of cyclic esters (lactones) is 1. The number of carboxylic acids is 1. The molecule has 0 saturated carbocycles. The van der Waals surface area contributed by atoms with Crippen molar-refractivity contribution in [1.82, 2.24) is 0 Å². The van der Waals surface area contributed by atoms with Crippen LogP contribution in [0.25, 0.3) is 11.1 Å². The van der Waals surface area contributed by atoms with Gasteiger partial charge in [-0.05, 0) is 30.3 Å². The highest BCUT2D eigenvalue weighted by molar-refractivity contribution is 6.08. The average molecular weight is 925 g/mol. The summed E-state index contributed by atoms with van der Waals surface area (Å²) in [7, 11) is 0. The first-order valence-electron chi connectivity index (χ1n) is 18.6. The minimum absolute atomic E-state index is 0.378. The summed E-state index contributed by atoms with van der Waals surface area (Å²) in [5.74, 6) is -30.9. The molecule has 4 aliphatic rings. The number of ether oxygens (including phenoxy) is 7. The van der Waals surface area contributed by atoms with Crippen LogP contribution in [0.15, 0.2) is 30.3 Å². The summed E-state index contributed by atoms with van der Waals surface area (Å²) in [6.07, 6.45) is -13.4. The summed E-state index contributed by atoms with van der Waals surface area (Å²) in [5.41, 5.74) is -6.77. The summed E-state index contributed by atoms with van der Waals surface area (Å²) >= 11 is 0. The first-order chi connectivity index (χ1) is 31.1. The molecule has 344 valence electrons. The molecule has 4 bridgehead atoms. The molecule has 8 rings (SSSR count). The second-order valence-corrected chi connectivity index (χ2v) is 14.7. The Morgan fingerprint density at radius 2 is 1.09 bits per heavy atom. The normalized spacial score (nSPS) is 23.3. The Morgan fingerprint density at radius 1 is 0.576 bits per heavy atom. The number of phenolic OH excluding ortho intramolecular Hbond substituents is 11. The number of phenols is 11. The molecule has 66 heavy (non-hydrogen) atoms. The molecule has 0 radical (unpaired) electrons. The van der Waals surface area contributed by atoms with Crippen molar-refractivity contribution >= 4 is 41.8 Å². The van der Waals surface area contributed by atoms with E-state index in [1.165, 1.54) is 0 Å². The van der Waals surface area contributed by atoms with Crippen LogP contribution in [0.5, 0.6) is 69.0 Å². The smallest absolute Gasteiger partial charge is 0.340 e. The van der Waals surface area contributed by atoms with Crippen LogP contribution in [0, 0.1) is 5.92 Å². The second-order valence-electron chi connectivity index (χ2n) is 14.7. The Bertz CT molecular complexity index is 2840. The number of esters is 6. The maximum Gasteiger partial charge on any atom is 0.340 e. The van der Waals surface area contributed by atoms with Crippen molar-refractivity contribution < 1.29 is 128 Å². The molecule has 12 N–H and O–H groups in total. The van der Waals surface area contributed by atoms with Gasteiger partial charge in [0.2, 0.25) is 29.6 Å². The Kier molecular flexibility index (Phi) is 10.3. The fourth-order valence-electron chi connectivity index (χ4n) is 7.76. The minimum atomic E-state index is -2.53. The van der Waals surface area contributed by atoms with E-state index in [9.17, 15) is 94.8 Å². The highest BCUT2D eigenvalue weighted by atomic mass is 16.7. The molecule has 4 aromatic rings. The van der Waals surface area contributed by atoms with Crippen LogP contribution in [0.3, 0.4) is 0 Å². The third-order valence-corrected chi connectivity index (χ3v) is 10.8. The van der Waals surface area contributed by atoms with E-state index < -0.39 is 205 Å². The van der Waals surface area contributed by atoms with Gasteiger partial charge in [0, 0.05) is 16.7 Å². The molecule has 0 amide bonds. The Balaban J connectivity index is 1.38. The van der Waals surface area contributed by atoms with Crippen LogP contribution >= 0.6 is 0 Å². The number of benzene rings is 4. The number of hydrogen-bond acceptors (Lipinski definition) is 25. The molecule has 7 atom stereocenters. The van der Waals surface area contributed by atoms with Gasteiger partial charge >= 0.3 is 41.8 Å². The molecule has 1 fully saturated rings. The van der Waals surface area contributed by atoms with Gasteiger partial charge in [0.1, 0.15) is 18.6 Å². The summed E-state index contributed by atoms with van der Waals surface area (Å²) < 4.78 is 38.9. The highest BCUT2D eigenvalue weighted by Gasteiger charge is 2.58. The van der Waals surface area contributed by atoms with Crippen molar-refractivity contribution in [3.05, 3.63) is 58.1 Å². The fourth-order valence-corrected chi connectivity index (χ4v) is 7.76. The molecule has 4 aliphatic heterocycles. The van der Waals surface area contributed by atoms with E-state index in [-0.39, 0.29) is 0 Å². The maximum absolute atomic E-state index is 14.6. The lowest BCUT2D eigenvalue weighted by Gasteiger charge is -2.44. The molecule has 0 aliphatic carbocycles. The summed E-state index contributed by atoms with van der Waals surface area (Å²) in [4.78, 5) is 96.7. The first kappa shape index (κ1) is 43.6. The van der Waals surface area contributed by atoms with Gasteiger partial charge in [-0.3, -0.25) is 14.4 Å². The lowest BCUT2D eigenvalue weighted by atomic mass is 9.82. The third kappa shape index (κ3) is 6.92. The number of carbonyl (C=O) groups excluding carboxylic acids is 6. The van der Waals surface area contributed by atoms with Crippen molar-refractivity contribution in [1.29, 1.82) is 0 Å². The van der Waals surface area contributed by atoms with Crippen LogP contribution in [-0.4, -0.2) is 140 Å². The molecule has 2 unspecified atom stereocenters. The molecule has 4 aromatic carbocycles. The standard InChI is InChI=1S/C40H28O26/c41-13-1-8(2-14(42)24(13)48)34(54)66-40-33-32-30(62-38(58)12(6-19(46)47)23-22-11(37(57)65-33)5-17(45)27(51)31(22)63-39(23)59)18(61-40)7-60-35(55)9-3-15(43)25(49)28(52)20(9)21-10(36(56)64-32)4-16(44)26(50)29(21)53/h1-5,12,18,23,30,32-33,40-45,48-53H,6-7H2,(H,46,47)/t12?,18-,23?,30-,32+,33-,40+/m1/s1. The summed E-state index contributed by atoms with van der Waals surface area (Å²) in [5, 5.41) is 125. The number of aliphatic carboxylic acids is 1. The summed E-state index contributed by atoms with van der Waals surface area (Å²) in [6, 6.07) is 2.48. The number of aromatic hydroxyl groups is 11. The van der Waals surface area contributed by atoms with Crippen molar-refractivity contribution in [3.63, 3.8) is 0 Å². The van der Waals surface area contributed by atoms with Gasteiger partial charge in [-0.1, -0.05) is 0 Å². The van der Waals surface area contributed by atoms with Crippen molar-refractivity contribution in [2.75, 3.05) is 6.61 Å². The van der Waals surface area contributed by atoms with Crippen LogP contribution in [0.4, 0.5) is 0 Å². The number of rotatable bonds is 4. The molecule has 4 heterocycles. The van der Waals surface area contributed by atoms with Crippen molar-refractivity contribution in [2.45, 2.75) is 43.0 Å². The maximum atomic E-state index is 14.6. The van der Waals surface area contributed by atoms with E-state index in [2.05, 4.69) is 0 Å². The number of carboxylic acid groups (broad SMARTS) is 1. The average Bonchev–Trinajstić information content (AvgIpc) is 3.60. The number of hydrogen-bond donors (Lipinski definition) is 12. The zero-order valence-corrected chi connectivity index (χ0v) is 32.4. The van der Waals surface area contributed by atoms with Crippen molar-refractivity contribution in [3.8, 4) is 80.1 Å². The first-order valence-corrected chi connectivity index (χ1v) is 18.6. The van der Waals surface area contributed by atoms with Gasteiger partial charge in [0.15, 0.2) is 64.0 Å². The zero-order chi connectivity index (χ0) is 48.0. The van der Waals surface area contributed by atoms with Gasteiger partial charge in [0.05, 0.1) is 34.6 Å². The predicted molar refractivity (Wildman–Crippen MR) is 200 cm³/mol. The summed E-state index contributed by atoms with van der Waals surface area (Å²) in [6.45, 7) is -1.27. The molecule has 26 nitrogen and oxygen atoms in total. The molecular formula is C40H28O26. The quantitative estimate of drug-likeness (QED) is 0.0578. The zero-order valence-electron chi connectivity index (χ0n) is 32.4. The molecular weight excluding hydrogens is 896 g/mol. The van der Waals surface area contributed by atoms with E-state index in [4.69, 9.17) is 33.2 Å². The van der Waals surface area contributed by atoms with E-state index >= 15 is 0 Å². The van der Waals surface area contributed by atoms with Gasteiger partial charge in [-0.15, -0.1) is 0 Å². The van der Waals surface area contributed by atoms with Crippen LogP contribution in [-0.2, 0) is 42.8 Å². The van der Waals surface area contributed by atoms with Crippen LogP contribution < -0.4 is 4.74 Å². The topological polar surface area (TPSA) is 427 Å². The van der Waals surface area contributed by atoms with E-state index in [0.717, 1.165) is 0 Å². The third-order valence-electron chi connectivity index (χ3n) is 10.8. The van der Waals surface area contributed by atoms with E-state index in [1.54, 1.807) is 0 Å². The Labute approximate surface area is 363 Å². The monoisotopic (exact) mass is 924 g/mol. The lowest BCUT2D eigenvalue weighted by molar-refractivity contribution is -0.287.